The van der Waals surface area contributed by atoms with E-state index >= 15 is 0 Å². The lowest BCUT2D eigenvalue weighted by Crippen LogP contribution is -2.52. The molecule has 21 heavy (non-hydrogen) atoms. The molecule has 0 saturated heterocycles. The zero-order valence-electron chi connectivity index (χ0n) is 11.5. The van der Waals surface area contributed by atoms with E-state index in [1.165, 1.54) is 6.08 Å². The maximum Gasteiger partial charge on any atom is 0.329 e. The normalized spacial score (nSPS) is 16.5. The van der Waals surface area contributed by atoms with Crippen LogP contribution in [0.2, 0.25) is 0 Å². The van der Waals surface area contributed by atoms with Crippen molar-refractivity contribution in [2.45, 2.75) is 31.2 Å². The number of hydrogen-bond donors (Lipinski definition) is 2. The van der Waals surface area contributed by atoms with E-state index in [0.717, 1.165) is 18.4 Å². The Morgan fingerprint density at radius 3 is 2.38 bits per heavy atom. The summed E-state index contributed by atoms with van der Waals surface area (Å²) in [5.74, 6) is -1.39. The molecule has 0 atom stereocenters. The number of aliphatic carboxylic acids is 1. The van der Waals surface area contributed by atoms with E-state index in [0.29, 0.717) is 18.4 Å². The van der Waals surface area contributed by atoms with Crippen LogP contribution in [0.3, 0.4) is 0 Å². The first-order valence-corrected chi connectivity index (χ1v) is 6.79. The van der Waals surface area contributed by atoms with Crippen molar-refractivity contribution in [3.63, 3.8) is 0 Å². The molecule has 0 aromatic heterocycles. The van der Waals surface area contributed by atoms with Crippen molar-refractivity contribution in [3.05, 3.63) is 41.5 Å². The smallest absolute Gasteiger partial charge is 0.329 e. The number of hydrogen-bond acceptors (Lipinski definition) is 3. The standard InChI is InChI=1S/C16H16N2O3/c17-11-13-5-3-12(4-6-13)7-8-14(19)18-16(15(20)21)9-1-2-10-16/h3-8H,1-2,9-10H2,(H,18,19)(H,20,21)/b8-7+. The van der Waals surface area contributed by atoms with Gasteiger partial charge in [0.2, 0.25) is 5.91 Å². The average Bonchev–Trinajstić information content (AvgIpc) is 2.95. The molecule has 5 heteroatoms. The highest BCUT2D eigenvalue weighted by molar-refractivity contribution is 5.95. The minimum atomic E-state index is -1.12. The Morgan fingerprint density at radius 2 is 1.86 bits per heavy atom. The zero-order chi connectivity index (χ0) is 15.3. The van der Waals surface area contributed by atoms with Gasteiger partial charge in [0.1, 0.15) is 5.54 Å². The zero-order valence-corrected chi connectivity index (χ0v) is 11.5. The van der Waals surface area contributed by atoms with Crippen LogP contribution in [-0.2, 0) is 9.59 Å². The Morgan fingerprint density at radius 1 is 1.24 bits per heavy atom. The van der Waals surface area contributed by atoms with Crippen molar-refractivity contribution in [2.24, 2.45) is 0 Å². The van der Waals surface area contributed by atoms with Crippen LogP contribution < -0.4 is 5.32 Å². The van der Waals surface area contributed by atoms with E-state index < -0.39 is 17.4 Å². The van der Waals surface area contributed by atoms with Gasteiger partial charge in [0.05, 0.1) is 11.6 Å². The number of benzene rings is 1. The fourth-order valence-electron chi connectivity index (χ4n) is 2.49. The molecule has 108 valence electrons. The predicted octanol–water partition coefficient (Wildman–Crippen LogP) is 2.09. The summed E-state index contributed by atoms with van der Waals surface area (Å²) < 4.78 is 0. The van der Waals surface area contributed by atoms with Crippen LogP contribution in [0.4, 0.5) is 0 Å². The molecule has 0 bridgehead atoms. The second-order valence-electron chi connectivity index (χ2n) is 5.15. The fraction of sp³-hybridized carbons (Fsp3) is 0.312. The highest BCUT2D eigenvalue weighted by Crippen LogP contribution is 2.29. The molecule has 0 spiro atoms. The summed E-state index contributed by atoms with van der Waals surface area (Å²) in [5, 5.41) is 20.6. The third-order valence-electron chi connectivity index (χ3n) is 3.70. The van der Waals surface area contributed by atoms with Crippen LogP contribution in [0, 0.1) is 11.3 Å². The van der Waals surface area contributed by atoms with Crippen LogP contribution in [0.15, 0.2) is 30.3 Å². The average molecular weight is 284 g/mol. The summed E-state index contributed by atoms with van der Waals surface area (Å²) in [6.07, 6.45) is 5.49. The maximum absolute atomic E-state index is 11.9. The molecule has 2 rings (SSSR count). The van der Waals surface area contributed by atoms with E-state index in [4.69, 9.17) is 5.26 Å². The number of amides is 1. The van der Waals surface area contributed by atoms with Crippen molar-refractivity contribution in [1.29, 1.82) is 5.26 Å². The van der Waals surface area contributed by atoms with Gasteiger partial charge in [0.25, 0.3) is 0 Å². The van der Waals surface area contributed by atoms with Gasteiger partial charge in [-0.15, -0.1) is 0 Å². The van der Waals surface area contributed by atoms with Crippen molar-refractivity contribution in [3.8, 4) is 6.07 Å². The number of nitrogens with zero attached hydrogens (tertiary/aromatic N) is 1. The van der Waals surface area contributed by atoms with Gasteiger partial charge in [-0.05, 0) is 36.6 Å². The Balaban J connectivity index is 2.02. The van der Waals surface area contributed by atoms with E-state index in [9.17, 15) is 14.7 Å². The number of carbonyl (C=O) groups is 2. The Bertz CT molecular complexity index is 605. The van der Waals surface area contributed by atoms with Gasteiger partial charge >= 0.3 is 5.97 Å². The monoisotopic (exact) mass is 284 g/mol. The van der Waals surface area contributed by atoms with Gasteiger partial charge in [-0.1, -0.05) is 25.0 Å². The lowest BCUT2D eigenvalue weighted by molar-refractivity contribution is -0.146. The summed E-state index contributed by atoms with van der Waals surface area (Å²) in [6, 6.07) is 8.79. The molecule has 5 nitrogen and oxygen atoms in total. The highest BCUT2D eigenvalue weighted by Gasteiger charge is 2.42. The van der Waals surface area contributed by atoms with Gasteiger partial charge in [-0.25, -0.2) is 4.79 Å². The molecule has 0 heterocycles. The third kappa shape index (κ3) is 3.48. The van der Waals surface area contributed by atoms with Crippen molar-refractivity contribution >= 4 is 18.0 Å². The Kier molecular flexibility index (Phi) is 4.39. The first-order valence-electron chi connectivity index (χ1n) is 6.79. The molecule has 1 fully saturated rings. The minimum absolute atomic E-state index is 0.413. The SMILES string of the molecule is N#Cc1ccc(/C=C/C(=O)NC2(C(=O)O)CCCC2)cc1. The number of nitriles is 1. The van der Waals surface area contributed by atoms with Gasteiger partial charge in [0.15, 0.2) is 0 Å². The Labute approximate surface area is 122 Å². The van der Waals surface area contributed by atoms with Crippen LogP contribution in [-0.4, -0.2) is 22.5 Å². The van der Waals surface area contributed by atoms with Crippen LogP contribution in [0.25, 0.3) is 6.08 Å². The number of nitrogens with one attached hydrogen (secondary N) is 1. The molecule has 1 saturated carbocycles. The van der Waals surface area contributed by atoms with Gasteiger partial charge in [0, 0.05) is 6.08 Å². The lowest BCUT2D eigenvalue weighted by Gasteiger charge is -2.24. The second-order valence-corrected chi connectivity index (χ2v) is 5.15. The van der Waals surface area contributed by atoms with Crippen LogP contribution in [0.1, 0.15) is 36.8 Å². The number of rotatable bonds is 4. The molecular formula is C16H16N2O3. The van der Waals surface area contributed by atoms with Crippen molar-refractivity contribution < 1.29 is 14.7 Å². The molecule has 0 radical (unpaired) electrons. The first kappa shape index (κ1) is 14.8. The Hall–Kier alpha value is -2.61. The minimum Gasteiger partial charge on any atom is -0.480 e. The first-order chi connectivity index (χ1) is 10.1. The van der Waals surface area contributed by atoms with Gasteiger partial charge < -0.3 is 10.4 Å². The molecule has 1 aromatic rings. The van der Waals surface area contributed by atoms with E-state index in [-0.39, 0.29) is 0 Å². The summed E-state index contributed by atoms with van der Waals surface area (Å²) in [4.78, 5) is 23.2. The second kappa shape index (κ2) is 6.23. The van der Waals surface area contributed by atoms with Gasteiger partial charge in [-0.3, -0.25) is 4.79 Å². The van der Waals surface area contributed by atoms with Crippen LogP contribution >= 0.6 is 0 Å². The number of carboxylic acids is 1. The lowest BCUT2D eigenvalue weighted by atomic mass is 9.98. The van der Waals surface area contributed by atoms with Crippen molar-refractivity contribution in [1.82, 2.24) is 5.32 Å². The summed E-state index contributed by atoms with van der Waals surface area (Å²) >= 11 is 0. The molecule has 1 aliphatic rings. The molecule has 2 N–H and O–H groups in total. The summed E-state index contributed by atoms with van der Waals surface area (Å²) in [6.45, 7) is 0. The summed E-state index contributed by atoms with van der Waals surface area (Å²) in [7, 11) is 0. The van der Waals surface area contributed by atoms with Gasteiger partial charge in [-0.2, -0.15) is 5.26 Å². The van der Waals surface area contributed by atoms with Crippen molar-refractivity contribution in [2.75, 3.05) is 0 Å². The van der Waals surface area contributed by atoms with Crippen LogP contribution in [0.5, 0.6) is 0 Å². The molecule has 0 aliphatic heterocycles. The largest absolute Gasteiger partial charge is 0.480 e. The van der Waals surface area contributed by atoms with E-state index in [1.54, 1.807) is 30.3 Å². The number of carbonyl (C=O) groups excluding carboxylic acids is 1. The molecule has 1 aromatic carbocycles. The van der Waals surface area contributed by atoms with E-state index in [1.807, 2.05) is 6.07 Å². The molecule has 1 amide bonds. The third-order valence-corrected chi connectivity index (χ3v) is 3.70. The predicted molar refractivity (Wildman–Crippen MR) is 77.2 cm³/mol. The molecule has 1 aliphatic carbocycles. The quantitative estimate of drug-likeness (QED) is 0.828. The maximum atomic E-state index is 11.9. The molecular weight excluding hydrogens is 268 g/mol. The number of carboxylic acid groups (broad SMARTS) is 1. The van der Waals surface area contributed by atoms with E-state index in [2.05, 4.69) is 5.32 Å². The highest BCUT2D eigenvalue weighted by atomic mass is 16.4. The topological polar surface area (TPSA) is 90.2 Å². The summed E-state index contributed by atoms with van der Waals surface area (Å²) in [5.41, 5.74) is 0.207. The molecule has 0 unspecified atom stereocenters. The fourth-order valence-corrected chi connectivity index (χ4v) is 2.49.